The Bertz CT molecular complexity index is 213. The predicted octanol–water partition coefficient (Wildman–Crippen LogP) is 3.98. The van der Waals surface area contributed by atoms with Gasteiger partial charge in [0.05, 0.1) is 0 Å². The highest BCUT2D eigenvalue weighted by Crippen LogP contribution is 2.40. The Morgan fingerprint density at radius 2 is 1.75 bits per heavy atom. The van der Waals surface area contributed by atoms with Crippen LogP contribution < -0.4 is 5.32 Å². The van der Waals surface area contributed by atoms with E-state index in [1.54, 1.807) is 0 Å². The maximum atomic E-state index is 3.75. The zero-order valence-electron chi connectivity index (χ0n) is 11.4. The van der Waals surface area contributed by atoms with Gasteiger partial charge >= 0.3 is 0 Å². The Hall–Kier alpha value is -0.0400. The molecule has 0 spiro atoms. The molecule has 0 heterocycles. The van der Waals surface area contributed by atoms with Gasteiger partial charge < -0.3 is 5.32 Å². The summed E-state index contributed by atoms with van der Waals surface area (Å²) < 4.78 is 0. The molecule has 0 bridgehead atoms. The van der Waals surface area contributed by atoms with E-state index in [9.17, 15) is 0 Å². The standard InChI is InChI=1S/C15H29N/c1-12(2)15(3,11-16-14-8-9-14)10-13-6-4-5-7-13/h12-14,16H,4-11H2,1-3H3. The summed E-state index contributed by atoms with van der Waals surface area (Å²) in [6.07, 6.45) is 10.2. The zero-order valence-corrected chi connectivity index (χ0v) is 11.4. The molecule has 2 saturated carbocycles. The van der Waals surface area contributed by atoms with E-state index in [-0.39, 0.29) is 0 Å². The minimum atomic E-state index is 0.525. The third kappa shape index (κ3) is 3.23. The Morgan fingerprint density at radius 3 is 2.25 bits per heavy atom. The average Bonchev–Trinajstić information content (AvgIpc) is 2.94. The molecule has 0 amide bonds. The van der Waals surface area contributed by atoms with Crippen LogP contribution in [0.4, 0.5) is 0 Å². The molecule has 0 aromatic rings. The van der Waals surface area contributed by atoms with Crippen LogP contribution in [0.25, 0.3) is 0 Å². The van der Waals surface area contributed by atoms with Gasteiger partial charge in [-0.1, -0.05) is 46.5 Å². The van der Waals surface area contributed by atoms with Crippen molar-refractivity contribution >= 4 is 0 Å². The first-order valence-corrected chi connectivity index (χ1v) is 7.33. The highest BCUT2D eigenvalue weighted by Gasteiger charge is 2.34. The van der Waals surface area contributed by atoms with Gasteiger partial charge in [-0.15, -0.1) is 0 Å². The highest BCUT2D eigenvalue weighted by molar-refractivity contribution is 4.89. The second-order valence-electron chi connectivity index (χ2n) is 6.82. The molecule has 0 aromatic heterocycles. The molecule has 0 radical (unpaired) electrons. The van der Waals surface area contributed by atoms with Gasteiger partial charge in [-0.3, -0.25) is 0 Å². The average molecular weight is 223 g/mol. The SMILES string of the molecule is CC(C)C(C)(CNC1CC1)CC1CCCC1. The van der Waals surface area contributed by atoms with E-state index in [1.165, 1.54) is 51.5 Å². The number of nitrogens with one attached hydrogen (secondary N) is 1. The largest absolute Gasteiger partial charge is 0.313 e. The lowest BCUT2D eigenvalue weighted by atomic mass is 9.72. The summed E-state index contributed by atoms with van der Waals surface area (Å²) in [5.41, 5.74) is 0.525. The van der Waals surface area contributed by atoms with E-state index in [0.29, 0.717) is 5.41 Å². The Balaban J connectivity index is 1.84. The number of hydrogen-bond donors (Lipinski definition) is 1. The van der Waals surface area contributed by atoms with Gasteiger partial charge in [-0.25, -0.2) is 0 Å². The fourth-order valence-corrected chi connectivity index (χ4v) is 3.05. The first-order valence-electron chi connectivity index (χ1n) is 7.33. The van der Waals surface area contributed by atoms with Crippen molar-refractivity contribution in [3.8, 4) is 0 Å². The van der Waals surface area contributed by atoms with E-state index in [1.807, 2.05) is 0 Å². The molecule has 1 atom stereocenters. The predicted molar refractivity (Wildman–Crippen MR) is 70.5 cm³/mol. The lowest BCUT2D eigenvalue weighted by molar-refractivity contribution is 0.157. The quantitative estimate of drug-likeness (QED) is 0.718. The number of hydrogen-bond acceptors (Lipinski definition) is 1. The van der Waals surface area contributed by atoms with Gasteiger partial charge in [0.15, 0.2) is 0 Å². The summed E-state index contributed by atoms with van der Waals surface area (Å²) in [4.78, 5) is 0. The maximum absolute atomic E-state index is 3.75. The molecule has 1 unspecified atom stereocenters. The smallest absolute Gasteiger partial charge is 0.00684 e. The van der Waals surface area contributed by atoms with Crippen LogP contribution in [-0.4, -0.2) is 12.6 Å². The molecule has 2 rings (SSSR count). The maximum Gasteiger partial charge on any atom is 0.00684 e. The topological polar surface area (TPSA) is 12.0 Å². The molecule has 0 aliphatic heterocycles. The van der Waals surface area contributed by atoms with Gasteiger partial charge in [0.25, 0.3) is 0 Å². The lowest BCUT2D eigenvalue weighted by Gasteiger charge is -2.36. The van der Waals surface area contributed by atoms with Crippen LogP contribution in [0.1, 0.15) is 65.7 Å². The second kappa shape index (κ2) is 5.08. The van der Waals surface area contributed by atoms with Gasteiger partial charge in [-0.05, 0) is 36.5 Å². The first-order chi connectivity index (χ1) is 7.60. The van der Waals surface area contributed by atoms with Crippen molar-refractivity contribution in [2.24, 2.45) is 17.3 Å². The van der Waals surface area contributed by atoms with Crippen LogP contribution >= 0.6 is 0 Å². The molecule has 1 heteroatoms. The fraction of sp³-hybridized carbons (Fsp3) is 1.00. The summed E-state index contributed by atoms with van der Waals surface area (Å²) in [5, 5.41) is 3.75. The van der Waals surface area contributed by atoms with E-state index >= 15 is 0 Å². The van der Waals surface area contributed by atoms with Gasteiger partial charge in [0, 0.05) is 12.6 Å². The minimum Gasteiger partial charge on any atom is -0.313 e. The van der Waals surface area contributed by atoms with Crippen molar-refractivity contribution in [2.75, 3.05) is 6.54 Å². The molecule has 94 valence electrons. The Kier molecular flexibility index (Phi) is 3.94. The summed E-state index contributed by atoms with van der Waals surface area (Å²) in [6, 6.07) is 0.863. The van der Waals surface area contributed by atoms with E-state index in [4.69, 9.17) is 0 Å². The molecule has 2 aliphatic carbocycles. The molecule has 2 fully saturated rings. The summed E-state index contributed by atoms with van der Waals surface area (Å²) in [5.74, 6) is 1.83. The molecular weight excluding hydrogens is 194 g/mol. The van der Waals surface area contributed by atoms with Crippen molar-refractivity contribution in [2.45, 2.75) is 71.8 Å². The van der Waals surface area contributed by atoms with Crippen molar-refractivity contribution < 1.29 is 0 Å². The third-order valence-corrected chi connectivity index (χ3v) is 5.00. The van der Waals surface area contributed by atoms with E-state index < -0.39 is 0 Å². The molecular formula is C15H29N. The van der Waals surface area contributed by atoms with Crippen molar-refractivity contribution in [3.63, 3.8) is 0 Å². The van der Waals surface area contributed by atoms with Gasteiger partial charge in [-0.2, -0.15) is 0 Å². The lowest BCUT2D eigenvalue weighted by Crippen LogP contribution is -2.38. The highest BCUT2D eigenvalue weighted by atomic mass is 15.0. The van der Waals surface area contributed by atoms with Crippen LogP contribution in [0.3, 0.4) is 0 Å². The monoisotopic (exact) mass is 223 g/mol. The third-order valence-electron chi connectivity index (χ3n) is 5.00. The van der Waals surface area contributed by atoms with Gasteiger partial charge in [0.2, 0.25) is 0 Å². The summed E-state index contributed by atoms with van der Waals surface area (Å²) >= 11 is 0. The molecule has 0 aromatic carbocycles. The van der Waals surface area contributed by atoms with E-state index in [0.717, 1.165) is 17.9 Å². The van der Waals surface area contributed by atoms with Crippen LogP contribution in [-0.2, 0) is 0 Å². The first kappa shape index (κ1) is 12.4. The second-order valence-corrected chi connectivity index (χ2v) is 6.82. The molecule has 2 aliphatic rings. The zero-order chi connectivity index (χ0) is 11.6. The molecule has 16 heavy (non-hydrogen) atoms. The van der Waals surface area contributed by atoms with Crippen molar-refractivity contribution in [1.29, 1.82) is 0 Å². The van der Waals surface area contributed by atoms with E-state index in [2.05, 4.69) is 26.1 Å². The molecule has 1 N–H and O–H groups in total. The number of rotatable bonds is 6. The van der Waals surface area contributed by atoms with Gasteiger partial charge in [0.1, 0.15) is 0 Å². The Labute approximate surface area is 101 Å². The van der Waals surface area contributed by atoms with Crippen LogP contribution in [0.15, 0.2) is 0 Å². The van der Waals surface area contributed by atoms with Crippen molar-refractivity contribution in [1.82, 2.24) is 5.32 Å². The molecule has 0 saturated heterocycles. The van der Waals surface area contributed by atoms with Crippen LogP contribution in [0.2, 0.25) is 0 Å². The fourth-order valence-electron chi connectivity index (χ4n) is 3.05. The van der Waals surface area contributed by atoms with Crippen LogP contribution in [0.5, 0.6) is 0 Å². The van der Waals surface area contributed by atoms with Crippen LogP contribution in [0, 0.1) is 17.3 Å². The van der Waals surface area contributed by atoms with Crippen molar-refractivity contribution in [3.05, 3.63) is 0 Å². The summed E-state index contributed by atoms with van der Waals surface area (Å²) in [6.45, 7) is 8.56. The molecule has 1 nitrogen and oxygen atoms in total. The minimum absolute atomic E-state index is 0.525. The normalized spacial score (nSPS) is 26.2. The summed E-state index contributed by atoms with van der Waals surface area (Å²) in [7, 11) is 0. The Morgan fingerprint density at radius 1 is 1.12 bits per heavy atom.